The Labute approximate surface area is 222 Å². The summed E-state index contributed by atoms with van der Waals surface area (Å²) >= 11 is 7.44. The van der Waals surface area contributed by atoms with Crippen LogP contribution in [0.3, 0.4) is 0 Å². The van der Waals surface area contributed by atoms with E-state index in [1.807, 2.05) is 65.3 Å². The van der Waals surface area contributed by atoms with Crippen LogP contribution in [-0.2, 0) is 0 Å². The van der Waals surface area contributed by atoms with Gasteiger partial charge in [0, 0.05) is 24.0 Å². The van der Waals surface area contributed by atoms with Gasteiger partial charge < -0.3 is 15.4 Å². The van der Waals surface area contributed by atoms with Crippen LogP contribution in [0.4, 0.5) is 0 Å². The molecule has 0 radical (unpaired) electrons. The Bertz CT molecular complexity index is 1560. The predicted molar refractivity (Wildman–Crippen MR) is 147 cm³/mol. The van der Waals surface area contributed by atoms with E-state index < -0.39 is 0 Å². The van der Waals surface area contributed by atoms with Gasteiger partial charge in [-0.25, -0.2) is 4.68 Å². The summed E-state index contributed by atoms with van der Waals surface area (Å²) in [5, 5.41) is 11.8. The maximum Gasteiger partial charge on any atom is 0.261 e. The lowest BCUT2D eigenvalue weighted by Crippen LogP contribution is -2.34. The maximum atomic E-state index is 13.0. The van der Waals surface area contributed by atoms with Gasteiger partial charge in [0.25, 0.3) is 11.8 Å². The molecule has 0 aliphatic rings. The van der Waals surface area contributed by atoms with E-state index >= 15 is 0 Å². The number of aromatic nitrogens is 2. The average molecular weight is 531 g/mol. The van der Waals surface area contributed by atoms with Gasteiger partial charge in [-0.05, 0) is 42.5 Å². The Morgan fingerprint density at radius 3 is 2.30 bits per heavy atom. The normalized spacial score (nSPS) is 10.9. The number of rotatable bonds is 8. The molecule has 37 heavy (non-hydrogen) atoms. The summed E-state index contributed by atoms with van der Waals surface area (Å²) in [7, 11) is 1.63. The van der Waals surface area contributed by atoms with Crippen LogP contribution in [-0.4, -0.2) is 41.8 Å². The van der Waals surface area contributed by atoms with Crippen LogP contribution >= 0.6 is 22.9 Å². The standard InChI is InChI=1S/C28H23ClN4O3S/c1-36-20-13-11-19(12-14-20)33-28-22(25(32-33)18-7-3-2-4-8-18)17-24(37-28)27(35)31-16-15-30-26(34)21-9-5-6-10-23(21)29/h2-14,17H,15-16H2,1H3,(H,30,34)(H,31,35). The van der Waals surface area contributed by atoms with Gasteiger partial charge in [0.15, 0.2) is 0 Å². The van der Waals surface area contributed by atoms with Crippen molar-refractivity contribution in [2.24, 2.45) is 0 Å². The molecule has 2 aromatic heterocycles. The van der Waals surface area contributed by atoms with Gasteiger partial charge in [-0.15, -0.1) is 11.3 Å². The Balaban J connectivity index is 1.35. The third-order valence-electron chi connectivity index (χ3n) is 5.76. The lowest BCUT2D eigenvalue weighted by molar-refractivity contribution is 0.0929. The molecule has 5 rings (SSSR count). The Morgan fingerprint density at radius 1 is 0.919 bits per heavy atom. The van der Waals surface area contributed by atoms with E-state index in [1.54, 1.807) is 31.4 Å². The molecular formula is C28H23ClN4O3S. The van der Waals surface area contributed by atoms with Crippen LogP contribution < -0.4 is 15.4 Å². The number of nitrogens with one attached hydrogen (secondary N) is 2. The first kappa shape index (κ1) is 24.5. The number of nitrogens with zero attached hydrogens (tertiary/aromatic N) is 2. The van der Waals surface area contributed by atoms with E-state index in [2.05, 4.69) is 10.6 Å². The van der Waals surface area contributed by atoms with E-state index in [-0.39, 0.29) is 24.9 Å². The first-order valence-electron chi connectivity index (χ1n) is 11.6. The summed E-state index contributed by atoms with van der Waals surface area (Å²) < 4.78 is 7.13. The summed E-state index contributed by atoms with van der Waals surface area (Å²) in [5.41, 5.74) is 3.03. The summed E-state index contributed by atoms with van der Waals surface area (Å²) in [6.45, 7) is 0.551. The number of hydrogen-bond donors (Lipinski definition) is 2. The molecule has 5 aromatic rings. The monoisotopic (exact) mass is 530 g/mol. The molecule has 0 spiro atoms. The fourth-order valence-electron chi connectivity index (χ4n) is 3.91. The Morgan fingerprint density at radius 2 is 1.59 bits per heavy atom. The van der Waals surface area contributed by atoms with E-state index in [9.17, 15) is 9.59 Å². The molecule has 0 unspecified atom stereocenters. The molecule has 2 amide bonds. The van der Waals surface area contributed by atoms with Crippen molar-refractivity contribution in [3.05, 3.63) is 100 Å². The number of methoxy groups -OCH3 is 1. The van der Waals surface area contributed by atoms with E-state index in [0.29, 0.717) is 15.5 Å². The molecule has 0 saturated carbocycles. The van der Waals surface area contributed by atoms with Crippen molar-refractivity contribution in [2.75, 3.05) is 20.2 Å². The predicted octanol–water partition coefficient (Wildman–Crippen LogP) is 5.58. The van der Waals surface area contributed by atoms with Crippen LogP contribution in [0.15, 0.2) is 84.9 Å². The summed E-state index contributed by atoms with van der Waals surface area (Å²) in [6, 6.07) is 26.2. The number of fused-ring (bicyclic) bond motifs is 1. The zero-order valence-electron chi connectivity index (χ0n) is 19.9. The Hall–Kier alpha value is -4.14. The van der Waals surface area contributed by atoms with Crippen molar-refractivity contribution in [3.8, 4) is 22.7 Å². The minimum Gasteiger partial charge on any atom is -0.497 e. The van der Waals surface area contributed by atoms with Crippen LogP contribution in [0, 0.1) is 0 Å². The van der Waals surface area contributed by atoms with Gasteiger partial charge in [-0.2, -0.15) is 5.10 Å². The highest BCUT2D eigenvalue weighted by Crippen LogP contribution is 2.35. The zero-order valence-corrected chi connectivity index (χ0v) is 21.5. The van der Waals surface area contributed by atoms with Crippen LogP contribution in [0.5, 0.6) is 5.75 Å². The highest BCUT2D eigenvalue weighted by molar-refractivity contribution is 7.20. The third kappa shape index (κ3) is 5.21. The van der Waals surface area contributed by atoms with Crippen LogP contribution in [0.2, 0.25) is 5.02 Å². The number of hydrogen-bond acceptors (Lipinski definition) is 5. The van der Waals surface area contributed by atoms with Crippen molar-refractivity contribution in [1.29, 1.82) is 0 Å². The lowest BCUT2D eigenvalue weighted by atomic mass is 10.1. The molecule has 3 aromatic carbocycles. The molecule has 0 fully saturated rings. The molecular weight excluding hydrogens is 508 g/mol. The molecule has 0 bridgehead atoms. The van der Waals surface area contributed by atoms with E-state index in [4.69, 9.17) is 21.4 Å². The second-order valence-electron chi connectivity index (χ2n) is 8.15. The van der Waals surface area contributed by atoms with Gasteiger partial charge in [0.1, 0.15) is 16.3 Å². The van der Waals surface area contributed by atoms with Gasteiger partial charge in [0.2, 0.25) is 0 Å². The summed E-state index contributed by atoms with van der Waals surface area (Å²) in [6.07, 6.45) is 0. The molecule has 186 valence electrons. The second kappa shape index (κ2) is 10.9. The van der Waals surface area contributed by atoms with Crippen molar-refractivity contribution in [2.45, 2.75) is 0 Å². The molecule has 9 heteroatoms. The number of halogens is 1. The maximum absolute atomic E-state index is 13.0. The number of carbonyl (C=O) groups is 2. The zero-order chi connectivity index (χ0) is 25.8. The minimum atomic E-state index is -0.284. The topological polar surface area (TPSA) is 85.2 Å². The molecule has 0 aliphatic carbocycles. The SMILES string of the molecule is COc1ccc(-n2nc(-c3ccccc3)c3cc(C(=O)NCCNC(=O)c4ccccc4Cl)sc32)cc1. The van der Waals surface area contributed by atoms with Gasteiger partial charge in [0.05, 0.1) is 28.3 Å². The van der Waals surface area contributed by atoms with Crippen molar-refractivity contribution in [3.63, 3.8) is 0 Å². The molecule has 7 nitrogen and oxygen atoms in total. The number of benzene rings is 3. The van der Waals surface area contributed by atoms with E-state index in [1.165, 1.54) is 11.3 Å². The van der Waals surface area contributed by atoms with Gasteiger partial charge >= 0.3 is 0 Å². The number of thiophene rings is 1. The summed E-state index contributed by atoms with van der Waals surface area (Å²) in [5.74, 6) is 0.255. The third-order valence-corrected chi connectivity index (χ3v) is 7.20. The van der Waals surface area contributed by atoms with Crippen LogP contribution in [0.25, 0.3) is 27.2 Å². The van der Waals surface area contributed by atoms with Crippen molar-refractivity contribution >= 4 is 45.0 Å². The molecule has 0 aliphatic heterocycles. The fourth-order valence-corrected chi connectivity index (χ4v) is 5.18. The number of carbonyl (C=O) groups excluding carboxylic acids is 2. The van der Waals surface area contributed by atoms with Gasteiger partial charge in [-0.1, -0.05) is 54.1 Å². The van der Waals surface area contributed by atoms with Crippen molar-refractivity contribution < 1.29 is 14.3 Å². The fraction of sp³-hybridized carbons (Fsp3) is 0.107. The average Bonchev–Trinajstić information content (AvgIpc) is 3.52. The molecule has 2 N–H and O–H groups in total. The highest BCUT2D eigenvalue weighted by atomic mass is 35.5. The Kier molecular flexibility index (Phi) is 7.20. The van der Waals surface area contributed by atoms with Crippen LogP contribution in [0.1, 0.15) is 20.0 Å². The second-order valence-corrected chi connectivity index (χ2v) is 9.58. The number of amides is 2. The summed E-state index contributed by atoms with van der Waals surface area (Å²) in [4.78, 5) is 26.7. The molecule has 0 atom stereocenters. The first-order valence-corrected chi connectivity index (χ1v) is 12.8. The smallest absolute Gasteiger partial charge is 0.261 e. The lowest BCUT2D eigenvalue weighted by Gasteiger charge is -2.07. The first-order chi connectivity index (χ1) is 18.0. The molecule has 0 saturated heterocycles. The van der Waals surface area contributed by atoms with Crippen molar-refractivity contribution in [1.82, 2.24) is 20.4 Å². The largest absolute Gasteiger partial charge is 0.497 e. The molecule has 2 heterocycles. The van der Waals surface area contributed by atoms with Gasteiger partial charge in [-0.3, -0.25) is 9.59 Å². The van der Waals surface area contributed by atoms with E-state index in [0.717, 1.165) is 32.9 Å². The highest BCUT2D eigenvalue weighted by Gasteiger charge is 2.20. The minimum absolute atomic E-state index is 0.214. The quantitative estimate of drug-likeness (QED) is 0.257. The number of ether oxygens (including phenoxy) is 1.